The Morgan fingerprint density at radius 2 is 1.76 bits per heavy atom. The van der Waals surface area contributed by atoms with Crippen LogP contribution in [0.3, 0.4) is 0 Å². The van der Waals surface area contributed by atoms with Gasteiger partial charge in [-0.05, 0) is 54.7 Å². The molecule has 0 fully saturated rings. The first-order chi connectivity index (χ1) is 18.0. The minimum atomic E-state index is -0.466. The van der Waals surface area contributed by atoms with Crippen molar-refractivity contribution in [2.45, 2.75) is 33.6 Å². The van der Waals surface area contributed by atoms with E-state index in [1.807, 2.05) is 20.9 Å². The fraction of sp³-hybridized carbons (Fsp3) is 0.200. The van der Waals surface area contributed by atoms with Crippen LogP contribution < -0.4 is 4.57 Å². The average Bonchev–Trinajstić information content (AvgIpc) is 3.26. The van der Waals surface area contributed by atoms with Crippen molar-refractivity contribution < 1.29 is 15.8 Å². The molecule has 0 spiro atoms. The highest BCUT2D eigenvalue weighted by atomic mass is 16.3. The zero-order chi connectivity index (χ0) is 27.6. The molecule has 0 amide bonds. The number of hydrogen-bond donors (Lipinski definition) is 0. The molecule has 0 atom stereocenters. The van der Waals surface area contributed by atoms with Crippen LogP contribution >= 0.6 is 0 Å². The van der Waals surface area contributed by atoms with Gasteiger partial charge in [-0.25, -0.2) is 4.57 Å². The van der Waals surface area contributed by atoms with Gasteiger partial charge >= 0.3 is 0 Å². The van der Waals surface area contributed by atoms with E-state index < -0.39 is 18.1 Å². The summed E-state index contributed by atoms with van der Waals surface area (Å²) in [6.45, 7) is 8.31. The van der Waals surface area contributed by atoms with Crippen LogP contribution in [-0.2, 0) is 7.05 Å². The number of rotatable bonds is 3. The van der Waals surface area contributed by atoms with Crippen molar-refractivity contribution in [3.63, 3.8) is 0 Å². The summed E-state index contributed by atoms with van der Waals surface area (Å²) >= 11 is 0. The van der Waals surface area contributed by atoms with Crippen molar-refractivity contribution in [1.82, 2.24) is 0 Å². The summed E-state index contributed by atoms with van der Waals surface area (Å²) in [5.74, 6) is 0.379. The second kappa shape index (κ2) is 7.90. The van der Waals surface area contributed by atoms with E-state index in [4.69, 9.17) is 11.3 Å². The van der Waals surface area contributed by atoms with Crippen LogP contribution in [0.1, 0.15) is 48.9 Å². The first-order valence-electron chi connectivity index (χ1n) is 13.4. The lowest BCUT2D eigenvalue weighted by atomic mass is 9.94. The topological polar surface area (TPSA) is 40.8 Å². The van der Waals surface area contributed by atoms with Crippen LogP contribution in [0.15, 0.2) is 71.2 Å². The fourth-order valence-corrected chi connectivity index (χ4v) is 4.60. The Morgan fingerprint density at radius 1 is 1.00 bits per heavy atom. The average molecular weight is 437 g/mol. The van der Waals surface area contributed by atoms with Gasteiger partial charge in [-0.15, -0.1) is 0 Å². The minimum absolute atomic E-state index is 0.0138. The van der Waals surface area contributed by atoms with Gasteiger partial charge in [-0.2, -0.15) is 5.26 Å². The van der Waals surface area contributed by atoms with Gasteiger partial charge in [0.15, 0.2) is 6.20 Å². The molecule has 0 N–H and O–H groups in total. The lowest BCUT2D eigenvalue weighted by molar-refractivity contribution is -0.660. The molecule has 2 aromatic heterocycles. The molecule has 3 heteroatoms. The van der Waals surface area contributed by atoms with Crippen LogP contribution in [0.25, 0.3) is 44.3 Å². The van der Waals surface area contributed by atoms with Gasteiger partial charge in [-0.3, -0.25) is 0 Å². The number of nitriles is 1. The predicted molar refractivity (Wildman–Crippen MR) is 134 cm³/mol. The summed E-state index contributed by atoms with van der Waals surface area (Å²) in [5.41, 5.74) is 6.71. The third-order valence-corrected chi connectivity index (χ3v) is 6.22. The van der Waals surface area contributed by atoms with E-state index in [1.54, 1.807) is 6.07 Å². The van der Waals surface area contributed by atoms with E-state index in [-0.39, 0.29) is 17.6 Å². The molecule has 2 heterocycles. The molecule has 0 aliphatic carbocycles. The molecule has 5 rings (SSSR count). The molecule has 0 saturated heterocycles. The van der Waals surface area contributed by atoms with E-state index >= 15 is 0 Å². The number of benzene rings is 3. The molecule has 162 valence electrons. The molecule has 0 aliphatic heterocycles. The third-order valence-electron chi connectivity index (χ3n) is 6.22. The van der Waals surface area contributed by atoms with Crippen molar-refractivity contribution in [3.8, 4) is 28.5 Å². The van der Waals surface area contributed by atoms with Crippen molar-refractivity contribution in [2.75, 3.05) is 0 Å². The Balaban J connectivity index is 1.95. The van der Waals surface area contributed by atoms with Gasteiger partial charge in [0.05, 0.1) is 24.0 Å². The normalized spacial score (nSPS) is 13.5. The highest BCUT2D eigenvalue weighted by molar-refractivity contribution is 6.15. The highest BCUT2D eigenvalue weighted by Crippen LogP contribution is 2.42. The van der Waals surface area contributed by atoms with Crippen molar-refractivity contribution in [1.29, 1.82) is 5.26 Å². The largest absolute Gasteiger partial charge is 0.454 e. The van der Waals surface area contributed by atoms with Crippen LogP contribution in [-0.4, -0.2) is 0 Å². The lowest BCUT2D eigenvalue weighted by Crippen LogP contribution is -2.31. The Labute approximate surface area is 201 Å². The highest BCUT2D eigenvalue weighted by Gasteiger charge is 2.24. The van der Waals surface area contributed by atoms with Crippen molar-refractivity contribution in [2.24, 2.45) is 7.05 Å². The van der Waals surface area contributed by atoms with E-state index in [0.717, 1.165) is 27.8 Å². The van der Waals surface area contributed by atoms with E-state index in [0.29, 0.717) is 33.6 Å². The van der Waals surface area contributed by atoms with Crippen molar-refractivity contribution in [3.05, 3.63) is 89.0 Å². The van der Waals surface area contributed by atoms with Crippen LogP contribution in [0.5, 0.6) is 0 Å². The maximum atomic E-state index is 9.84. The van der Waals surface area contributed by atoms with Gasteiger partial charge in [0.1, 0.15) is 18.2 Å². The molecule has 0 radical (unpaired) electrons. The maximum Gasteiger partial charge on any atom is 0.216 e. The number of pyridine rings is 1. The summed E-state index contributed by atoms with van der Waals surface area (Å²) in [6, 6.07) is 9.73. The van der Waals surface area contributed by atoms with Gasteiger partial charge in [0.25, 0.3) is 0 Å². The second-order valence-corrected chi connectivity index (χ2v) is 8.82. The van der Waals surface area contributed by atoms with Crippen molar-refractivity contribution >= 4 is 21.9 Å². The first-order valence-corrected chi connectivity index (χ1v) is 10.9. The lowest BCUT2D eigenvalue weighted by Gasteiger charge is -2.10. The molecule has 0 unspecified atom stereocenters. The van der Waals surface area contributed by atoms with Gasteiger partial charge < -0.3 is 4.42 Å². The third kappa shape index (κ3) is 3.39. The Hall–Kier alpha value is -3.90. The molecule has 3 nitrogen and oxygen atoms in total. The summed E-state index contributed by atoms with van der Waals surface area (Å²) in [6.07, 6.45) is 2.11. The number of nitrogens with zero attached hydrogens (tertiary/aromatic N) is 2. The number of aryl methyl sites for hydroxylation is 3. The zero-order valence-corrected chi connectivity index (χ0v) is 19.3. The predicted octanol–water partition coefficient (Wildman–Crippen LogP) is 7.36. The van der Waals surface area contributed by atoms with Crippen LogP contribution in [0, 0.1) is 25.2 Å². The standard InChI is InChI=1S/C30H27N2O/c1-18(2)23-11-12-26(32(5)17-23)28-20(4)13-19(3)27-25-15-21(16-31)14-24(29(25)33-30(27)28)22-9-7-6-8-10-22/h6-15,17-18H,1-5H3/q+1/i6D,7D,8D,9D,10D. The number of aromatic nitrogens is 1. The smallest absolute Gasteiger partial charge is 0.216 e. The molecular weight excluding hydrogens is 404 g/mol. The Bertz CT molecular complexity index is 1820. The SMILES string of the molecule is [2H]c1c([2H])c([2H])c(-c2cc(C#N)cc3c2oc2c(-c4ccc(C(C)C)c[n+]4C)c(C)cc(C)c23)c([2H])c1[2H]. The fourth-order valence-electron chi connectivity index (χ4n) is 4.60. The molecule has 33 heavy (non-hydrogen) atoms. The van der Waals surface area contributed by atoms with Gasteiger partial charge in [0, 0.05) is 28.0 Å². The number of fused-ring (bicyclic) bond motifs is 3. The van der Waals surface area contributed by atoms with Gasteiger partial charge in [-0.1, -0.05) is 50.1 Å². The van der Waals surface area contributed by atoms with Crippen LogP contribution in [0.2, 0.25) is 0 Å². The van der Waals surface area contributed by atoms with E-state index in [1.165, 1.54) is 11.6 Å². The summed E-state index contributed by atoms with van der Waals surface area (Å²) in [7, 11) is 2.00. The quantitative estimate of drug-likeness (QED) is 0.277. The summed E-state index contributed by atoms with van der Waals surface area (Å²) < 4.78 is 50.1. The molecule has 5 aromatic rings. The molecule has 0 aliphatic rings. The molecule has 0 bridgehead atoms. The maximum absolute atomic E-state index is 9.84. The summed E-state index contributed by atoms with van der Waals surface area (Å²) in [5, 5.41) is 11.3. The number of furan rings is 1. The van der Waals surface area contributed by atoms with E-state index in [2.05, 4.69) is 48.9 Å². The van der Waals surface area contributed by atoms with Crippen LogP contribution in [0.4, 0.5) is 0 Å². The second-order valence-electron chi connectivity index (χ2n) is 8.82. The van der Waals surface area contributed by atoms with Gasteiger partial charge in [0.2, 0.25) is 5.69 Å². The summed E-state index contributed by atoms with van der Waals surface area (Å²) in [4.78, 5) is 0. The molecule has 3 aromatic carbocycles. The zero-order valence-electron chi connectivity index (χ0n) is 24.3. The molecule has 0 saturated carbocycles. The first kappa shape index (κ1) is 15.8. The van der Waals surface area contributed by atoms with E-state index in [9.17, 15) is 5.26 Å². The number of hydrogen-bond acceptors (Lipinski definition) is 2. The Kier molecular flexibility index (Phi) is 3.79. The minimum Gasteiger partial charge on any atom is -0.454 e. The molecular formula is C30H27N2O+. The Morgan fingerprint density at radius 3 is 2.42 bits per heavy atom. The monoisotopic (exact) mass is 436 g/mol.